The van der Waals surface area contributed by atoms with Gasteiger partial charge in [0.05, 0.1) is 0 Å². The first-order valence-corrected chi connectivity index (χ1v) is 3.18. The number of rotatable bonds is 2. The summed E-state index contributed by atoms with van der Waals surface area (Å²) in [6.07, 6.45) is -1.23. The third-order valence-corrected chi connectivity index (χ3v) is 0.763. The van der Waals surface area contributed by atoms with Crippen molar-refractivity contribution in [3.63, 3.8) is 0 Å². The summed E-state index contributed by atoms with van der Waals surface area (Å²) in [6, 6.07) is 0. The molecule has 5 N–H and O–H groups in total. The largest absolute Gasteiger partial charge is 0.479 e. The highest BCUT2D eigenvalue weighted by Gasteiger charge is 2.24. The van der Waals surface area contributed by atoms with Gasteiger partial charge in [-0.1, -0.05) is 0 Å². The number of aliphatic hydroxyl groups excluding tert-OH is 1. The predicted octanol–water partition coefficient (Wildman–Crippen LogP) is -1.78. The van der Waals surface area contributed by atoms with Crippen LogP contribution < -0.4 is 0 Å². The Kier molecular flexibility index (Phi) is 6.03. The number of aliphatic hydroxyl groups is 3. The standard InChI is InChI=1S/C3H6O4.C3H6O3/c1-3(6,7)2(4)5;1-2(4)3(5)6/h6-7H,1H3,(H,4,5);2,4H,1H3,(H,5,6). The van der Waals surface area contributed by atoms with Gasteiger partial charge in [-0.3, -0.25) is 0 Å². The minimum absolute atomic E-state index is 0.773. The normalized spacial score (nSPS) is 12.4. The highest BCUT2D eigenvalue weighted by Crippen LogP contribution is 1.93. The fourth-order valence-corrected chi connectivity index (χ4v) is 0. The van der Waals surface area contributed by atoms with E-state index < -0.39 is 23.8 Å². The third kappa shape index (κ3) is 10.8. The molecule has 0 fully saturated rings. The van der Waals surface area contributed by atoms with Gasteiger partial charge in [0.2, 0.25) is 0 Å². The number of carbonyl (C=O) groups is 2. The van der Waals surface area contributed by atoms with Crippen LogP contribution in [0.3, 0.4) is 0 Å². The van der Waals surface area contributed by atoms with Crippen LogP contribution in [0.25, 0.3) is 0 Å². The van der Waals surface area contributed by atoms with Gasteiger partial charge in [-0.25, -0.2) is 9.59 Å². The Morgan fingerprint density at radius 1 is 1.23 bits per heavy atom. The van der Waals surface area contributed by atoms with Crippen molar-refractivity contribution >= 4 is 11.9 Å². The third-order valence-electron chi connectivity index (χ3n) is 0.763. The van der Waals surface area contributed by atoms with Crippen molar-refractivity contribution in [1.29, 1.82) is 0 Å². The molecule has 0 aliphatic heterocycles. The van der Waals surface area contributed by atoms with Gasteiger partial charge in [0.15, 0.2) is 0 Å². The molecule has 0 radical (unpaired) electrons. The minimum atomic E-state index is -2.58. The zero-order valence-corrected chi connectivity index (χ0v) is 7.13. The van der Waals surface area contributed by atoms with Gasteiger partial charge in [0.25, 0.3) is 5.79 Å². The molecular weight excluding hydrogens is 184 g/mol. The zero-order chi connectivity index (χ0) is 11.2. The van der Waals surface area contributed by atoms with Crippen LogP contribution in [0.2, 0.25) is 0 Å². The van der Waals surface area contributed by atoms with Gasteiger partial charge in [-0.05, 0) is 6.92 Å². The lowest BCUT2D eigenvalue weighted by molar-refractivity contribution is -0.196. The van der Waals surface area contributed by atoms with Crippen LogP contribution in [0, 0.1) is 0 Å². The molecule has 7 nitrogen and oxygen atoms in total. The van der Waals surface area contributed by atoms with E-state index in [4.69, 9.17) is 25.5 Å². The summed E-state index contributed by atoms with van der Waals surface area (Å²) in [5.74, 6) is -5.41. The number of hydrogen-bond acceptors (Lipinski definition) is 5. The summed E-state index contributed by atoms with van der Waals surface area (Å²) in [4.78, 5) is 19.0. The first-order valence-electron chi connectivity index (χ1n) is 3.18. The molecule has 0 heterocycles. The molecule has 0 aromatic carbocycles. The predicted molar refractivity (Wildman–Crippen MR) is 39.8 cm³/mol. The van der Waals surface area contributed by atoms with E-state index in [1.807, 2.05) is 0 Å². The molecule has 0 aromatic rings. The van der Waals surface area contributed by atoms with Gasteiger partial charge < -0.3 is 25.5 Å². The molecule has 0 rings (SSSR count). The van der Waals surface area contributed by atoms with Crippen molar-refractivity contribution in [2.45, 2.75) is 25.7 Å². The molecule has 0 spiro atoms. The average Bonchev–Trinajstić information content (AvgIpc) is 1.86. The lowest BCUT2D eigenvalue weighted by Gasteiger charge is -2.06. The molecule has 1 atom stereocenters. The summed E-state index contributed by atoms with van der Waals surface area (Å²) in [7, 11) is 0. The Balaban J connectivity index is 0. The second-order valence-corrected chi connectivity index (χ2v) is 2.34. The molecular formula is C6H12O7. The molecule has 0 aliphatic carbocycles. The second-order valence-electron chi connectivity index (χ2n) is 2.34. The van der Waals surface area contributed by atoms with Gasteiger partial charge in [-0.15, -0.1) is 0 Å². The highest BCUT2D eigenvalue weighted by molar-refractivity contribution is 5.74. The van der Waals surface area contributed by atoms with E-state index in [9.17, 15) is 9.59 Å². The molecule has 0 amide bonds. The lowest BCUT2D eigenvalue weighted by atomic mass is 10.3. The Morgan fingerprint density at radius 3 is 1.38 bits per heavy atom. The topological polar surface area (TPSA) is 135 Å². The SMILES string of the molecule is CC(O)(O)C(=O)O.CC(O)C(=O)O. The second kappa shape index (κ2) is 5.46. The summed E-state index contributed by atoms with van der Waals surface area (Å²) in [5.41, 5.74) is 0. The van der Waals surface area contributed by atoms with Crippen molar-refractivity contribution in [1.82, 2.24) is 0 Å². The fraction of sp³-hybridized carbons (Fsp3) is 0.667. The Morgan fingerprint density at radius 2 is 1.38 bits per heavy atom. The summed E-state index contributed by atoms with van der Waals surface area (Å²) in [6.45, 7) is 1.97. The Bertz CT molecular complexity index is 178. The lowest BCUT2D eigenvalue weighted by Crippen LogP contribution is -2.33. The van der Waals surface area contributed by atoms with E-state index in [1.54, 1.807) is 0 Å². The van der Waals surface area contributed by atoms with Crippen LogP contribution in [0.15, 0.2) is 0 Å². The molecule has 7 heteroatoms. The van der Waals surface area contributed by atoms with E-state index in [1.165, 1.54) is 6.92 Å². The summed E-state index contributed by atoms with van der Waals surface area (Å²) < 4.78 is 0. The highest BCUT2D eigenvalue weighted by atomic mass is 16.5. The van der Waals surface area contributed by atoms with E-state index >= 15 is 0 Å². The van der Waals surface area contributed by atoms with Crippen LogP contribution in [-0.2, 0) is 9.59 Å². The monoisotopic (exact) mass is 196 g/mol. The van der Waals surface area contributed by atoms with Crippen LogP contribution in [-0.4, -0.2) is 49.4 Å². The molecule has 0 saturated heterocycles. The van der Waals surface area contributed by atoms with Gasteiger partial charge in [0.1, 0.15) is 6.10 Å². The average molecular weight is 196 g/mol. The van der Waals surface area contributed by atoms with Crippen molar-refractivity contribution in [2.75, 3.05) is 0 Å². The van der Waals surface area contributed by atoms with Crippen molar-refractivity contribution in [3.05, 3.63) is 0 Å². The van der Waals surface area contributed by atoms with Gasteiger partial charge in [0, 0.05) is 6.92 Å². The van der Waals surface area contributed by atoms with Crippen molar-refractivity contribution in [2.24, 2.45) is 0 Å². The number of aliphatic carboxylic acids is 2. The summed E-state index contributed by atoms with van der Waals surface area (Å²) >= 11 is 0. The maximum absolute atomic E-state index is 9.52. The van der Waals surface area contributed by atoms with Crippen LogP contribution >= 0.6 is 0 Å². The van der Waals surface area contributed by atoms with E-state index in [0.29, 0.717) is 0 Å². The molecule has 0 aliphatic rings. The van der Waals surface area contributed by atoms with Gasteiger partial charge in [-0.2, -0.15) is 0 Å². The first kappa shape index (κ1) is 14.3. The number of hydrogen-bond donors (Lipinski definition) is 5. The van der Waals surface area contributed by atoms with Crippen LogP contribution in [0.1, 0.15) is 13.8 Å². The molecule has 0 bridgehead atoms. The Hall–Kier alpha value is -1.18. The first-order chi connectivity index (χ1) is 5.59. The molecule has 13 heavy (non-hydrogen) atoms. The molecule has 78 valence electrons. The fourth-order valence-electron chi connectivity index (χ4n) is 0. The van der Waals surface area contributed by atoms with E-state index in [2.05, 4.69) is 0 Å². The number of carboxylic acid groups (broad SMARTS) is 2. The van der Waals surface area contributed by atoms with Crippen molar-refractivity contribution < 1.29 is 35.1 Å². The Labute approximate surface area is 73.9 Å². The molecule has 0 saturated carbocycles. The number of carboxylic acids is 2. The molecule has 0 aromatic heterocycles. The zero-order valence-electron chi connectivity index (χ0n) is 7.13. The van der Waals surface area contributed by atoms with Crippen LogP contribution in [0.4, 0.5) is 0 Å². The van der Waals surface area contributed by atoms with Gasteiger partial charge >= 0.3 is 11.9 Å². The smallest absolute Gasteiger partial charge is 0.363 e. The van der Waals surface area contributed by atoms with E-state index in [-0.39, 0.29) is 0 Å². The summed E-state index contributed by atoms with van der Waals surface area (Å²) in [5, 5.41) is 39.6. The molecule has 1 unspecified atom stereocenters. The maximum Gasteiger partial charge on any atom is 0.363 e. The van der Waals surface area contributed by atoms with Crippen molar-refractivity contribution in [3.8, 4) is 0 Å². The quantitative estimate of drug-likeness (QED) is 0.329. The van der Waals surface area contributed by atoms with Crippen LogP contribution in [0.5, 0.6) is 0 Å². The van der Waals surface area contributed by atoms with E-state index in [0.717, 1.165) is 6.92 Å². The minimum Gasteiger partial charge on any atom is -0.479 e. The maximum atomic E-state index is 9.52.